The number of aromatic nitrogens is 1. The van der Waals surface area contributed by atoms with Crippen LogP contribution >= 0.6 is 0 Å². The van der Waals surface area contributed by atoms with Crippen LogP contribution in [0, 0.1) is 0 Å². The molecule has 120 valence electrons. The summed E-state index contributed by atoms with van der Waals surface area (Å²) in [5, 5.41) is 3.35. The molecule has 21 heavy (non-hydrogen) atoms. The molecule has 0 aliphatic heterocycles. The number of hydrogen-bond acceptors (Lipinski definition) is 3. The molecule has 1 aliphatic carbocycles. The van der Waals surface area contributed by atoms with E-state index in [1.807, 2.05) is 4.57 Å². The topological polar surface area (TPSA) is 63.1 Å². The molecule has 0 saturated heterocycles. The van der Waals surface area contributed by atoms with Gasteiger partial charge in [0.25, 0.3) is 0 Å². The van der Waals surface area contributed by atoms with Crippen LogP contribution < -0.4 is 10.0 Å². The Morgan fingerprint density at radius 1 is 1.38 bits per heavy atom. The first-order valence-electron chi connectivity index (χ1n) is 7.87. The van der Waals surface area contributed by atoms with E-state index in [2.05, 4.69) is 30.8 Å². The predicted molar refractivity (Wildman–Crippen MR) is 84.7 cm³/mol. The molecule has 1 aliphatic rings. The molecule has 0 amide bonds. The van der Waals surface area contributed by atoms with Crippen LogP contribution in [-0.2, 0) is 23.1 Å². The molecule has 1 aromatic rings. The lowest BCUT2D eigenvalue weighted by atomic mass is 9.94. The molecular formula is C15H27N3O2S. The number of rotatable bonds is 8. The predicted octanol–water partition coefficient (Wildman–Crippen LogP) is 2.23. The normalized spacial score (nSPS) is 16.4. The standard InChI is InChI=1S/C15H27N3O2S/c1-4-8-18-11-15(9-14(18)10-16-12(2)3)21(19,20)17-13-6-5-7-13/h9,11-13,16-17H,4-8,10H2,1-3H3. The van der Waals surface area contributed by atoms with E-state index in [-0.39, 0.29) is 6.04 Å². The van der Waals surface area contributed by atoms with Crippen molar-refractivity contribution in [3.63, 3.8) is 0 Å². The number of sulfonamides is 1. The molecule has 0 radical (unpaired) electrons. The van der Waals surface area contributed by atoms with Gasteiger partial charge < -0.3 is 9.88 Å². The lowest BCUT2D eigenvalue weighted by molar-refractivity contribution is 0.383. The van der Waals surface area contributed by atoms with Crippen molar-refractivity contribution in [1.29, 1.82) is 0 Å². The van der Waals surface area contributed by atoms with E-state index in [1.54, 1.807) is 12.3 Å². The Balaban J connectivity index is 2.16. The highest BCUT2D eigenvalue weighted by Crippen LogP contribution is 2.22. The summed E-state index contributed by atoms with van der Waals surface area (Å²) in [7, 11) is -3.38. The molecule has 1 heterocycles. The highest BCUT2D eigenvalue weighted by molar-refractivity contribution is 7.89. The fourth-order valence-electron chi connectivity index (χ4n) is 2.39. The lowest BCUT2D eigenvalue weighted by Crippen LogP contribution is -2.39. The molecular weight excluding hydrogens is 286 g/mol. The van der Waals surface area contributed by atoms with Gasteiger partial charge in [0.15, 0.2) is 0 Å². The van der Waals surface area contributed by atoms with Crippen LogP contribution in [0.25, 0.3) is 0 Å². The molecule has 5 nitrogen and oxygen atoms in total. The van der Waals surface area contributed by atoms with Crippen LogP contribution in [0.2, 0.25) is 0 Å². The van der Waals surface area contributed by atoms with Crippen molar-refractivity contribution in [2.45, 2.75) is 76.5 Å². The van der Waals surface area contributed by atoms with E-state index in [0.717, 1.165) is 37.9 Å². The first-order valence-corrected chi connectivity index (χ1v) is 9.35. The van der Waals surface area contributed by atoms with Gasteiger partial charge in [-0.05, 0) is 25.3 Å². The largest absolute Gasteiger partial charge is 0.349 e. The van der Waals surface area contributed by atoms with Crippen LogP contribution in [0.1, 0.15) is 52.1 Å². The molecule has 2 rings (SSSR count). The van der Waals surface area contributed by atoms with Gasteiger partial charge in [-0.15, -0.1) is 0 Å². The zero-order valence-corrected chi connectivity index (χ0v) is 14.0. The fraction of sp³-hybridized carbons (Fsp3) is 0.733. The number of nitrogens with zero attached hydrogens (tertiary/aromatic N) is 1. The second-order valence-electron chi connectivity index (χ2n) is 6.15. The minimum Gasteiger partial charge on any atom is -0.349 e. The van der Waals surface area contributed by atoms with Crippen molar-refractivity contribution in [3.8, 4) is 0 Å². The summed E-state index contributed by atoms with van der Waals surface area (Å²) < 4.78 is 29.6. The van der Waals surface area contributed by atoms with Crippen LogP contribution in [-0.4, -0.2) is 25.1 Å². The summed E-state index contributed by atoms with van der Waals surface area (Å²) >= 11 is 0. The third-order valence-electron chi connectivity index (χ3n) is 3.85. The minimum absolute atomic E-state index is 0.127. The Kier molecular flexibility index (Phi) is 5.46. The summed E-state index contributed by atoms with van der Waals surface area (Å²) in [6.07, 6.45) is 5.78. The van der Waals surface area contributed by atoms with Crippen molar-refractivity contribution in [2.24, 2.45) is 0 Å². The van der Waals surface area contributed by atoms with Crippen LogP contribution in [0.5, 0.6) is 0 Å². The second-order valence-corrected chi connectivity index (χ2v) is 7.86. The van der Waals surface area contributed by atoms with Gasteiger partial charge in [-0.2, -0.15) is 0 Å². The highest BCUT2D eigenvalue weighted by Gasteiger charge is 2.26. The SMILES string of the molecule is CCCn1cc(S(=O)(=O)NC2CCC2)cc1CNC(C)C. The first kappa shape index (κ1) is 16.5. The smallest absolute Gasteiger partial charge is 0.242 e. The molecule has 1 saturated carbocycles. The van der Waals surface area contributed by atoms with Crippen molar-refractivity contribution in [3.05, 3.63) is 18.0 Å². The third kappa shape index (κ3) is 4.31. The van der Waals surface area contributed by atoms with Crippen LogP contribution in [0.4, 0.5) is 0 Å². The molecule has 1 aromatic heterocycles. The Hall–Kier alpha value is -0.850. The average molecular weight is 313 g/mol. The molecule has 0 aromatic carbocycles. The van der Waals surface area contributed by atoms with E-state index < -0.39 is 10.0 Å². The molecule has 0 bridgehead atoms. The number of nitrogens with one attached hydrogen (secondary N) is 2. The monoisotopic (exact) mass is 313 g/mol. The van der Waals surface area contributed by atoms with E-state index in [9.17, 15) is 8.42 Å². The summed E-state index contributed by atoms with van der Waals surface area (Å²) in [4.78, 5) is 0.392. The Morgan fingerprint density at radius 3 is 2.62 bits per heavy atom. The van der Waals surface area contributed by atoms with Crippen molar-refractivity contribution < 1.29 is 8.42 Å². The van der Waals surface area contributed by atoms with E-state index >= 15 is 0 Å². The van der Waals surface area contributed by atoms with E-state index in [4.69, 9.17) is 0 Å². The van der Waals surface area contributed by atoms with Crippen molar-refractivity contribution in [1.82, 2.24) is 14.6 Å². The lowest BCUT2D eigenvalue weighted by Gasteiger charge is -2.25. The Bertz CT molecular complexity index is 559. The molecule has 2 N–H and O–H groups in total. The Morgan fingerprint density at radius 2 is 2.10 bits per heavy atom. The van der Waals surface area contributed by atoms with Gasteiger partial charge in [-0.1, -0.05) is 27.2 Å². The Labute approximate surface area is 128 Å². The van der Waals surface area contributed by atoms with Gasteiger partial charge in [0.2, 0.25) is 10.0 Å². The molecule has 0 unspecified atom stereocenters. The van der Waals surface area contributed by atoms with Crippen molar-refractivity contribution in [2.75, 3.05) is 0 Å². The summed E-state index contributed by atoms with van der Waals surface area (Å²) in [5.74, 6) is 0. The second kappa shape index (κ2) is 6.94. The van der Waals surface area contributed by atoms with Gasteiger partial charge in [0.1, 0.15) is 0 Å². The molecule has 0 spiro atoms. The minimum atomic E-state index is -3.38. The van der Waals surface area contributed by atoms with Crippen LogP contribution in [0.15, 0.2) is 17.2 Å². The van der Waals surface area contributed by atoms with Gasteiger partial charge in [-0.25, -0.2) is 13.1 Å². The third-order valence-corrected chi connectivity index (χ3v) is 5.34. The molecule has 0 atom stereocenters. The number of hydrogen-bond donors (Lipinski definition) is 2. The van der Waals surface area contributed by atoms with Gasteiger partial charge >= 0.3 is 0 Å². The fourth-order valence-corrected chi connectivity index (χ4v) is 3.76. The summed E-state index contributed by atoms with van der Waals surface area (Å²) in [6, 6.07) is 2.30. The maximum absolute atomic E-state index is 12.4. The van der Waals surface area contributed by atoms with E-state index in [0.29, 0.717) is 17.5 Å². The number of aryl methyl sites for hydroxylation is 1. The molecule has 6 heteroatoms. The van der Waals surface area contributed by atoms with Crippen LogP contribution in [0.3, 0.4) is 0 Å². The average Bonchev–Trinajstić information content (AvgIpc) is 2.76. The highest BCUT2D eigenvalue weighted by atomic mass is 32.2. The zero-order valence-electron chi connectivity index (χ0n) is 13.2. The first-order chi connectivity index (χ1) is 9.92. The van der Waals surface area contributed by atoms with Gasteiger partial charge in [-0.3, -0.25) is 0 Å². The van der Waals surface area contributed by atoms with E-state index in [1.165, 1.54) is 0 Å². The van der Waals surface area contributed by atoms with Crippen molar-refractivity contribution >= 4 is 10.0 Å². The quantitative estimate of drug-likeness (QED) is 0.773. The van der Waals surface area contributed by atoms with Gasteiger partial charge in [0, 0.05) is 37.1 Å². The van der Waals surface area contributed by atoms with Gasteiger partial charge in [0.05, 0.1) is 4.90 Å². The zero-order chi connectivity index (χ0) is 15.5. The molecule has 1 fully saturated rings. The summed E-state index contributed by atoms with van der Waals surface area (Å²) in [6.45, 7) is 7.80. The summed E-state index contributed by atoms with van der Waals surface area (Å²) in [5.41, 5.74) is 1.03. The maximum Gasteiger partial charge on any atom is 0.242 e. The maximum atomic E-state index is 12.4.